The molecule has 3 rings (SSSR count). The normalized spacial score (nSPS) is 23.8. The minimum absolute atomic E-state index is 0.0854. The number of morpholine rings is 2. The lowest BCUT2D eigenvalue weighted by molar-refractivity contribution is -0.123. The van der Waals surface area contributed by atoms with Crippen molar-refractivity contribution in [2.45, 2.75) is 18.6 Å². The highest BCUT2D eigenvalue weighted by molar-refractivity contribution is 5.75. The quantitative estimate of drug-likeness (QED) is 0.754. The molecule has 132 valence electrons. The molecule has 0 saturated carbocycles. The molecule has 1 aromatic rings. The summed E-state index contributed by atoms with van der Waals surface area (Å²) in [6.07, 6.45) is 0.853. The van der Waals surface area contributed by atoms with Crippen LogP contribution in [0.15, 0.2) is 18.2 Å². The molecule has 2 fully saturated rings. The van der Waals surface area contributed by atoms with Crippen molar-refractivity contribution < 1.29 is 14.3 Å². The van der Waals surface area contributed by atoms with Crippen molar-refractivity contribution in [1.82, 2.24) is 10.2 Å². The first kappa shape index (κ1) is 16.9. The van der Waals surface area contributed by atoms with E-state index < -0.39 is 0 Å². The molecule has 1 aromatic carbocycles. The third kappa shape index (κ3) is 3.73. The Morgan fingerprint density at radius 1 is 1.33 bits per heavy atom. The molecule has 2 unspecified atom stereocenters. The number of fused-ring (bicyclic) bond motifs is 2. The average molecular weight is 334 g/mol. The number of carbonyl (C=O) groups excluding carboxylic acids is 1. The summed E-state index contributed by atoms with van der Waals surface area (Å²) in [5, 5.41) is 2.67. The van der Waals surface area contributed by atoms with Gasteiger partial charge in [-0.05, 0) is 12.1 Å². The average Bonchev–Trinajstić information content (AvgIpc) is 2.59. The molecule has 2 bridgehead atoms. The van der Waals surface area contributed by atoms with Gasteiger partial charge in [0.25, 0.3) is 0 Å². The molecule has 7 heteroatoms. The first-order valence-corrected chi connectivity index (χ1v) is 8.36. The van der Waals surface area contributed by atoms with Gasteiger partial charge in [-0.3, -0.25) is 9.69 Å². The van der Waals surface area contributed by atoms with Crippen molar-refractivity contribution in [2.75, 3.05) is 57.5 Å². The molecule has 7 nitrogen and oxygen atoms in total. The van der Waals surface area contributed by atoms with Crippen molar-refractivity contribution in [3.05, 3.63) is 18.2 Å². The van der Waals surface area contributed by atoms with Crippen LogP contribution in [-0.4, -0.2) is 69.9 Å². The highest BCUT2D eigenvalue weighted by Crippen LogP contribution is 2.30. The van der Waals surface area contributed by atoms with E-state index in [0.29, 0.717) is 17.9 Å². The Morgan fingerprint density at radius 2 is 2.04 bits per heavy atom. The van der Waals surface area contributed by atoms with Crippen LogP contribution in [0, 0.1) is 0 Å². The maximum atomic E-state index is 11.4. The number of methoxy groups -OCH3 is 1. The minimum atomic E-state index is 0.0854. The van der Waals surface area contributed by atoms with E-state index in [1.54, 1.807) is 14.2 Å². The molecule has 0 radical (unpaired) electrons. The number of carbonyl (C=O) groups is 1. The van der Waals surface area contributed by atoms with Crippen LogP contribution in [0.4, 0.5) is 11.4 Å². The van der Waals surface area contributed by atoms with Crippen LogP contribution in [0.2, 0.25) is 0 Å². The second-order valence-corrected chi connectivity index (χ2v) is 6.39. The maximum absolute atomic E-state index is 11.4. The Balaban J connectivity index is 1.62. The Morgan fingerprint density at radius 3 is 2.67 bits per heavy atom. The number of hydrogen-bond acceptors (Lipinski definition) is 6. The van der Waals surface area contributed by atoms with Crippen molar-refractivity contribution in [1.29, 1.82) is 0 Å². The Kier molecular flexibility index (Phi) is 5.11. The maximum Gasteiger partial charge on any atom is 0.221 e. The number of rotatable bonds is 5. The highest BCUT2D eigenvalue weighted by atomic mass is 16.5. The molecule has 0 aliphatic carbocycles. The van der Waals surface area contributed by atoms with Crippen molar-refractivity contribution in [3.8, 4) is 5.75 Å². The molecule has 0 aromatic heterocycles. The van der Waals surface area contributed by atoms with Crippen LogP contribution >= 0.6 is 0 Å². The van der Waals surface area contributed by atoms with Gasteiger partial charge < -0.3 is 25.4 Å². The lowest BCUT2D eigenvalue weighted by Crippen LogP contribution is -2.59. The number of hydrogen-bond donors (Lipinski definition) is 2. The van der Waals surface area contributed by atoms with Crippen molar-refractivity contribution in [2.24, 2.45) is 0 Å². The van der Waals surface area contributed by atoms with Gasteiger partial charge in [-0.25, -0.2) is 0 Å². The van der Waals surface area contributed by atoms with E-state index in [-0.39, 0.29) is 18.1 Å². The molecule has 2 saturated heterocycles. The van der Waals surface area contributed by atoms with Gasteiger partial charge in [-0.1, -0.05) is 0 Å². The monoisotopic (exact) mass is 334 g/mol. The summed E-state index contributed by atoms with van der Waals surface area (Å²) in [4.78, 5) is 16.1. The summed E-state index contributed by atoms with van der Waals surface area (Å²) in [6, 6.07) is 5.90. The van der Waals surface area contributed by atoms with E-state index in [0.717, 1.165) is 38.4 Å². The first-order valence-electron chi connectivity index (χ1n) is 8.36. The standard InChI is InChI=1S/C17H26N4O3/c1-19-17(22)5-6-20-8-13-10-21(11-14(9-20)24-13)12-3-4-15(18)16(7-12)23-2/h3-4,7,13-14H,5-6,8-11,18H2,1-2H3,(H,19,22). The van der Waals surface area contributed by atoms with Crippen molar-refractivity contribution >= 4 is 17.3 Å². The van der Waals surface area contributed by atoms with Gasteiger partial charge in [0.1, 0.15) is 5.75 Å². The molecule has 2 aliphatic heterocycles. The van der Waals surface area contributed by atoms with Crippen LogP contribution in [0.3, 0.4) is 0 Å². The second kappa shape index (κ2) is 7.27. The number of nitrogens with zero attached hydrogens (tertiary/aromatic N) is 2. The SMILES string of the molecule is CNC(=O)CCN1CC2CN(c3ccc(N)c(OC)c3)CC(C1)O2. The minimum Gasteiger partial charge on any atom is -0.495 e. The van der Waals surface area contributed by atoms with E-state index >= 15 is 0 Å². The zero-order chi connectivity index (χ0) is 17.1. The van der Waals surface area contributed by atoms with E-state index in [1.165, 1.54) is 0 Å². The fourth-order valence-electron chi connectivity index (χ4n) is 3.45. The number of anilines is 2. The van der Waals surface area contributed by atoms with E-state index in [9.17, 15) is 4.79 Å². The van der Waals surface area contributed by atoms with Gasteiger partial charge >= 0.3 is 0 Å². The van der Waals surface area contributed by atoms with E-state index in [4.69, 9.17) is 15.2 Å². The molecule has 1 amide bonds. The number of benzene rings is 1. The lowest BCUT2D eigenvalue weighted by Gasteiger charge is -2.46. The lowest BCUT2D eigenvalue weighted by atomic mass is 10.1. The second-order valence-electron chi connectivity index (χ2n) is 6.39. The summed E-state index contributed by atoms with van der Waals surface area (Å²) in [5.74, 6) is 0.790. The molecule has 2 atom stereocenters. The van der Waals surface area contributed by atoms with Gasteiger partial charge in [0.15, 0.2) is 0 Å². The third-order valence-electron chi connectivity index (χ3n) is 4.67. The van der Waals surface area contributed by atoms with E-state index in [2.05, 4.69) is 15.1 Å². The topological polar surface area (TPSA) is 80.1 Å². The van der Waals surface area contributed by atoms with Gasteiger partial charge in [-0.2, -0.15) is 0 Å². The number of amides is 1. The van der Waals surface area contributed by atoms with Crippen LogP contribution < -0.4 is 20.7 Å². The molecule has 3 N–H and O–H groups in total. The number of nitrogens with two attached hydrogens (primary N) is 1. The predicted molar refractivity (Wildman–Crippen MR) is 93.4 cm³/mol. The Labute approximate surface area is 142 Å². The first-order chi connectivity index (χ1) is 11.6. The smallest absolute Gasteiger partial charge is 0.221 e. The highest BCUT2D eigenvalue weighted by Gasteiger charge is 2.35. The predicted octanol–water partition coefficient (Wildman–Crippen LogP) is 0.303. The molecule has 0 spiro atoms. The molecular formula is C17H26N4O3. The van der Waals surface area contributed by atoms with Crippen molar-refractivity contribution in [3.63, 3.8) is 0 Å². The number of ether oxygens (including phenoxy) is 2. The zero-order valence-electron chi connectivity index (χ0n) is 14.3. The van der Waals surface area contributed by atoms with Crippen LogP contribution in [-0.2, 0) is 9.53 Å². The van der Waals surface area contributed by atoms with Crippen LogP contribution in [0.1, 0.15) is 6.42 Å². The fourth-order valence-corrected chi connectivity index (χ4v) is 3.45. The zero-order valence-corrected chi connectivity index (χ0v) is 14.3. The molecule has 24 heavy (non-hydrogen) atoms. The number of nitrogens with one attached hydrogen (secondary N) is 1. The molecule has 2 heterocycles. The summed E-state index contributed by atoms with van der Waals surface area (Å²) in [6.45, 7) is 4.16. The summed E-state index contributed by atoms with van der Waals surface area (Å²) < 4.78 is 11.4. The van der Waals surface area contributed by atoms with Gasteiger partial charge in [-0.15, -0.1) is 0 Å². The summed E-state index contributed by atoms with van der Waals surface area (Å²) >= 11 is 0. The largest absolute Gasteiger partial charge is 0.495 e. The Bertz CT molecular complexity index is 581. The van der Waals surface area contributed by atoms with Gasteiger partial charge in [0.2, 0.25) is 5.91 Å². The van der Waals surface area contributed by atoms with Gasteiger partial charge in [0, 0.05) is 57.9 Å². The van der Waals surface area contributed by atoms with Crippen LogP contribution in [0.5, 0.6) is 5.75 Å². The number of nitrogen functional groups attached to an aromatic ring is 1. The summed E-state index contributed by atoms with van der Waals surface area (Å²) in [7, 11) is 3.31. The Hall–Kier alpha value is -1.99. The molecular weight excluding hydrogens is 308 g/mol. The molecule has 2 aliphatic rings. The van der Waals surface area contributed by atoms with E-state index in [1.807, 2.05) is 18.2 Å². The third-order valence-corrected chi connectivity index (χ3v) is 4.67. The summed E-state index contributed by atoms with van der Waals surface area (Å²) in [5.41, 5.74) is 7.66. The van der Waals surface area contributed by atoms with Gasteiger partial charge in [0.05, 0.1) is 25.0 Å². The van der Waals surface area contributed by atoms with Crippen LogP contribution in [0.25, 0.3) is 0 Å². The fraction of sp³-hybridized carbons (Fsp3) is 0.588.